The Hall–Kier alpha value is -2.51. The molecule has 28 heavy (non-hydrogen) atoms. The summed E-state index contributed by atoms with van der Waals surface area (Å²) in [6, 6.07) is 13.6. The second kappa shape index (κ2) is 7.85. The Balaban J connectivity index is 1.68. The highest BCUT2D eigenvalue weighted by Gasteiger charge is 2.25. The van der Waals surface area contributed by atoms with E-state index in [-0.39, 0.29) is 5.25 Å². The normalized spacial score (nSPS) is 15.7. The Bertz CT molecular complexity index is 1030. The standard InChI is InChI=1S/C20H19ClN4O2S/c1-12-19(14-5-7-15(21)8-6-14)24-25-18(22-23-20(25)28-12)11-13-4-9-16(26-2)17(10-13)27-3/h4-10,12H,11H2,1-3H3/t12-/m1/s1. The summed E-state index contributed by atoms with van der Waals surface area (Å²) in [6.07, 6.45) is 0.583. The summed E-state index contributed by atoms with van der Waals surface area (Å²) in [5.41, 5.74) is 3.06. The number of rotatable bonds is 5. The molecule has 0 N–H and O–H groups in total. The first kappa shape index (κ1) is 18.8. The minimum Gasteiger partial charge on any atom is -0.493 e. The number of fused-ring (bicyclic) bond motifs is 1. The molecule has 2 aromatic carbocycles. The summed E-state index contributed by atoms with van der Waals surface area (Å²) in [6.45, 7) is 2.12. The summed E-state index contributed by atoms with van der Waals surface area (Å²) >= 11 is 7.67. The van der Waals surface area contributed by atoms with Crippen LogP contribution in [-0.4, -0.2) is 40.1 Å². The largest absolute Gasteiger partial charge is 0.493 e. The maximum absolute atomic E-state index is 6.02. The summed E-state index contributed by atoms with van der Waals surface area (Å²) in [5, 5.41) is 15.2. The number of hydrogen-bond donors (Lipinski definition) is 0. The van der Waals surface area contributed by atoms with E-state index in [1.807, 2.05) is 47.1 Å². The van der Waals surface area contributed by atoms with Crippen LogP contribution in [0.4, 0.5) is 0 Å². The van der Waals surface area contributed by atoms with E-state index in [0.717, 1.165) is 27.8 Å². The number of hydrogen-bond acceptors (Lipinski definition) is 6. The van der Waals surface area contributed by atoms with Crippen molar-refractivity contribution in [3.63, 3.8) is 0 Å². The van der Waals surface area contributed by atoms with Crippen LogP contribution in [0.2, 0.25) is 5.02 Å². The molecule has 0 saturated carbocycles. The zero-order valence-electron chi connectivity index (χ0n) is 15.7. The van der Waals surface area contributed by atoms with Crippen molar-refractivity contribution in [2.24, 2.45) is 5.10 Å². The zero-order chi connectivity index (χ0) is 19.7. The molecule has 0 aliphatic carbocycles. The molecule has 4 rings (SSSR count). The number of halogens is 1. The predicted octanol–water partition coefficient (Wildman–Crippen LogP) is 4.29. The van der Waals surface area contributed by atoms with Crippen LogP contribution in [0.15, 0.2) is 52.7 Å². The molecule has 0 bridgehead atoms. The molecule has 144 valence electrons. The van der Waals surface area contributed by atoms with Crippen molar-refractivity contribution < 1.29 is 9.47 Å². The third-order valence-electron chi connectivity index (χ3n) is 4.50. The van der Waals surface area contributed by atoms with E-state index in [0.29, 0.717) is 22.9 Å². The number of aromatic nitrogens is 3. The summed E-state index contributed by atoms with van der Waals surface area (Å²) in [4.78, 5) is 0. The molecule has 0 spiro atoms. The van der Waals surface area contributed by atoms with Gasteiger partial charge in [0.15, 0.2) is 17.3 Å². The Morgan fingerprint density at radius 2 is 1.79 bits per heavy atom. The van der Waals surface area contributed by atoms with Crippen molar-refractivity contribution in [3.8, 4) is 11.5 Å². The van der Waals surface area contributed by atoms with Crippen molar-refractivity contribution >= 4 is 29.1 Å². The van der Waals surface area contributed by atoms with E-state index in [1.54, 1.807) is 26.0 Å². The third kappa shape index (κ3) is 3.59. The molecule has 1 aliphatic heterocycles. The quantitative estimate of drug-likeness (QED) is 0.623. The Morgan fingerprint density at radius 1 is 1.04 bits per heavy atom. The number of benzene rings is 2. The molecule has 0 saturated heterocycles. The van der Waals surface area contributed by atoms with Crippen LogP contribution < -0.4 is 9.47 Å². The molecule has 8 heteroatoms. The fourth-order valence-corrected chi connectivity index (χ4v) is 4.14. The lowest BCUT2D eigenvalue weighted by molar-refractivity contribution is 0.354. The van der Waals surface area contributed by atoms with E-state index in [2.05, 4.69) is 17.1 Å². The van der Waals surface area contributed by atoms with E-state index in [9.17, 15) is 0 Å². The van der Waals surface area contributed by atoms with Gasteiger partial charge in [-0.25, -0.2) is 0 Å². The second-order valence-corrected chi connectivity index (χ2v) is 8.07. The van der Waals surface area contributed by atoms with Crippen LogP contribution in [0.1, 0.15) is 23.9 Å². The lowest BCUT2D eigenvalue weighted by atomic mass is 10.1. The molecule has 1 atom stereocenters. The van der Waals surface area contributed by atoms with Gasteiger partial charge in [0.05, 0.1) is 25.2 Å². The lowest BCUT2D eigenvalue weighted by Gasteiger charge is -2.20. The second-order valence-electron chi connectivity index (χ2n) is 6.33. The Labute approximate surface area is 172 Å². The van der Waals surface area contributed by atoms with Gasteiger partial charge in [-0.15, -0.1) is 10.2 Å². The van der Waals surface area contributed by atoms with Crippen molar-refractivity contribution in [3.05, 3.63) is 64.4 Å². The van der Waals surface area contributed by atoms with E-state index in [4.69, 9.17) is 26.2 Å². The first-order valence-electron chi connectivity index (χ1n) is 8.75. The SMILES string of the molecule is COc1ccc(Cc2nnc3n2N=C(c2ccc(Cl)cc2)[C@@H](C)S3)cc1OC. The summed E-state index contributed by atoms with van der Waals surface area (Å²) in [7, 11) is 3.25. The maximum Gasteiger partial charge on any atom is 0.212 e. The summed E-state index contributed by atoms with van der Waals surface area (Å²) in [5.74, 6) is 2.15. The average Bonchev–Trinajstić information content (AvgIpc) is 3.09. The van der Waals surface area contributed by atoms with Crippen molar-refractivity contribution in [1.82, 2.24) is 14.9 Å². The van der Waals surface area contributed by atoms with Gasteiger partial charge in [-0.05, 0) is 42.3 Å². The fourth-order valence-electron chi connectivity index (χ4n) is 3.07. The Kier molecular flexibility index (Phi) is 5.28. The highest BCUT2D eigenvalue weighted by atomic mass is 35.5. The predicted molar refractivity (Wildman–Crippen MR) is 111 cm³/mol. The highest BCUT2D eigenvalue weighted by molar-refractivity contribution is 8.00. The topological polar surface area (TPSA) is 61.5 Å². The van der Waals surface area contributed by atoms with Crippen LogP contribution in [-0.2, 0) is 6.42 Å². The van der Waals surface area contributed by atoms with E-state index >= 15 is 0 Å². The average molecular weight is 415 g/mol. The molecule has 0 unspecified atom stereocenters. The van der Waals surface area contributed by atoms with Crippen LogP contribution in [0.3, 0.4) is 0 Å². The van der Waals surface area contributed by atoms with Gasteiger partial charge in [0.2, 0.25) is 5.16 Å². The summed E-state index contributed by atoms with van der Waals surface area (Å²) < 4.78 is 12.5. The monoisotopic (exact) mass is 414 g/mol. The minimum absolute atomic E-state index is 0.173. The Morgan fingerprint density at radius 3 is 2.50 bits per heavy atom. The highest BCUT2D eigenvalue weighted by Crippen LogP contribution is 2.32. The van der Waals surface area contributed by atoms with Crippen LogP contribution >= 0.6 is 23.4 Å². The van der Waals surface area contributed by atoms with Crippen molar-refractivity contribution in [2.45, 2.75) is 23.8 Å². The van der Waals surface area contributed by atoms with Gasteiger partial charge in [-0.1, -0.05) is 41.6 Å². The molecular formula is C20H19ClN4O2S. The zero-order valence-corrected chi connectivity index (χ0v) is 17.3. The number of nitrogens with zero attached hydrogens (tertiary/aromatic N) is 4. The van der Waals surface area contributed by atoms with Gasteiger partial charge in [0.25, 0.3) is 0 Å². The van der Waals surface area contributed by atoms with Gasteiger partial charge in [-0.2, -0.15) is 9.78 Å². The molecule has 3 aromatic rings. The third-order valence-corrected chi connectivity index (χ3v) is 5.80. The van der Waals surface area contributed by atoms with Gasteiger partial charge < -0.3 is 9.47 Å². The van der Waals surface area contributed by atoms with E-state index in [1.165, 1.54) is 0 Å². The molecule has 0 fully saturated rings. The van der Waals surface area contributed by atoms with Crippen molar-refractivity contribution in [2.75, 3.05) is 14.2 Å². The number of methoxy groups -OCH3 is 2. The van der Waals surface area contributed by atoms with Crippen molar-refractivity contribution in [1.29, 1.82) is 0 Å². The van der Waals surface area contributed by atoms with Crippen LogP contribution in [0.25, 0.3) is 0 Å². The number of ether oxygens (including phenoxy) is 2. The van der Waals surface area contributed by atoms with Crippen LogP contribution in [0, 0.1) is 0 Å². The molecule has 6 nitrogen and oxygen atoms in total. The van der Waals surface area contributed by atoms with Gasteiger partial charge >= 0.3 is 0 Å². The molecule has 0 amide bonds. The van der Waals surface area contributed by atoms with Gasteiger partial charge in [0, 0.05) is 11.4 Å². The molecule has 2 heterocycles. The van der Waals surface area contributed by atoms with Crippen LogP contribution in [0.5, 0.6) is 11.5 Å². The molecule has 1 aliphatic rings. The van der Waals surface area contributed by atoms with Gasteiger partial charge in [0.1, 0.15) is 0 Å². The molecule has 0 radical (unpaired) electrons. The maximum atomic E-state index is 6.02. The first-order valence-corrected chi connectivity index (χ1v) is 10.0. The lowest BCUT2D eigenvalue weighted by Crippen LogP contribution is -2.22. The first-order chi connectivity index (χ1) is 13.6. The smallest absolute Gasteiger partial charge is 0.212 e. The number of thioether (sulfide) groups is 1. The molecular weight excluding hydrogens is 396 g/mol. The fraction of sp³-hybridized carbons (Fsp3) is 0.250. The van der Waals surface area contributed by atoms with Gasteiger partial charge in [-0.3, -0.25) is 0 Å². The molecule has 1 aromatic heterocycles. The van der Waals surface area contributed by atoms with E-state index < -0.39 is 0 Å². The minimum atomic E-state index is 0.173.